The Morgan fingerprint density at radius 3 is 2.52 bits per heavy atom. The van der Waals surface area contributed by atoms with Crippen LogP contribution in [-0.2, 0) is 11.2 Å². The van der Waals surface area contributed by atoms with Gasteiger partial charge in [-0.2, -0.15) is 0 Å². The molecule has 2 atom stereocenters. The van der Waals surface area contributed by atoms with E-state index in [-0.39, 0.29) is 12.1 Å². The summed E-state index contributed by atoms with van der Waals surface area (Å²) in [4.78, 5) is 23.9. The van der Waals surface area contributed by atoms with Crippen molar-refractivity contribution in [1.29, 1.82) is 0 Å². The number of rotatable bonds is 3. The van der Waals surface area contributed by atoms with Crippen molar-refractivity contribution in [3.63, 3.8) is 0 Å². The van der Waals surface area contributed by atoms with Gasteiger partial charge in [0.1, 0.15) is 0 Å². The highest BCUT2D eigenvalue weighted by molar-refractivity contribution is 5.75. The van der Waals surface area contributed by atoms with Crippen molar-refractivity contribution < 1.29 is 9.53 Å². The number of urea groups is 1. The summed E-state index contributed by atoms with van der Waals surface area (Å²) in [7, 11) is 0. The molecule has 0 bridgehead atoms. The topological polar surface area (TPSA) is 48.9 Å². The molecule has 4 rings (SSSR count). The molecule has 0 radical (unpaired) electrons. The van der Waals surface area contributed by atoms with Gasteiger partial charge in [0.15, 0.2) is 0 Å². The van der Waals surface area contributed by atoms with E-state index in [4.69, 9.17) is 4.74 Å². The third-order valence-electron chi connectivity index (χ3n) is 5.84. The SMILES string of the molecule is O=C(N1CCCC1)N1CC[C@@H](N2CCOCC2)[C@@H]1Cc1ccncc1. The molecule has 0 unspecified atom stereocenters. The number of hydrogen-bond acceptors (Lipinski definition) is 4. The number of pyridine rings is 1. The third-order valence-corrected chi connectivity index (χ3v) is 5.84. The number of carbonyl (C=O) groups is 1. The van der Waals surface area contributed by atoms with E-state index in [2.05, 4.69) is 26.9 Å². The summed E-state index contributed by atoms with van der Waals surface area (Å²) in [6.07, 6.45) is 7.95. The summed E-state index contributed by atoms with van der Waals surface area (Å²) in [5.74, 6) is 0. The number of nitrogens with zero attached hydrogens (tertiary/aromatic N) is 4. The van der Waals surface area contributed by atoms with Crippen molar-refractivity contribution in [3.05, 3.63) is 30.1 Å². The van der Waals surface area contributed by atoms with Gasteiger partial charge in [0, 0.05) is 51.2 Å². The molecular weight excluding hydrogens is 316 g/mol. The molecule has 3 saturated heterocycles. The fraction of sp³-hybridized carbons (Fsp3) is 0.684. The van der Waals surface area contributed by atoms with Gasteiger partial charge in [-0.15, -0.1) is 0 Å². The van der Waals surface area contributed by atoms with Crippen LogP contribution in [0, 0.1) is 0 Å². The molecule has 3 aliphatic rings. The number of ether oxygens (including phenoxy) is 1. The van der Waals surface area contributed by atoms with Gasteiger partial charge in [-0.25, -0.2) is 4.79 Å². The van der Waals surface area contributed by atoms with Crippen LogP contribution in [0.3, 0.4) is 0 Å². The second-order valence-corrected chi connectivity index (χ2v) is 7.30. The maximum absolute atomic E-state index is 13.1. The number of aromatic nitrogens is 1. The first-order valence-corrected chi connectivity index (χ1v) is 9.59. The van der Waals surface area contributed by atoms with E-state index in [1.165, 1.54) is 5.56 Å². The highest BCUT2D eigenvalue weighted by Gasteiger charge is 2.42. The van der Waals surface area contributed by atoms with Crippen LogP contribution in [0.25, 0.3) is 0 Å². The summed E-state index contributed by atoms with van der Waals surface area (Å²) >= 11 is 0. The molecule has 6 nitrogen and oxygen atoms in total. The molecular formula is C19H28N4O2. The lowest BCUT2D eigenvalue weighted by Gasteiger charge is -2.38. The Balaban J connectivity index is 1.53. The smallest absolute Gasteiger partial charge is 0.320 e. The summed E-state index contributed by atoms with van der Waals surface area (Å²) in [5.41, 5.74) is 1.26. The summed E-state index contributed by atoms with van der Waals surface area (Å²) < 4.78 is 5.53. The minimum Gasteiger partial charge on any atom is -0.379 e. The fourth-order valence-corrected chi connectivity index (χ4v) is 4.51. The van der Waals surface area contributed by atoms with Crippen LogP contribution < -0.4 is 0 Å². The lowest BCUT2D eigenvalue weighted by atomic mass is 9.99. The van der Waals surface area contributed by atoms with Crippen LogP contribution in [0.4, 0.5) is 4.79 Å². The van der Waals surface area contributed by atoms with Crippen molar-refractivity contribution in [1.82, 2.24) is 19.7 Å². The fourth-order valence-electron chi connectivity index (χ4n) is 4.51. The van der Waals surface area contributed by atoms with Crippen molar-refractivity contribution in [2.75, 3.05) is 45.9 Å². The Labute approximate surface area is 149 Å². The molecule has 136 valence electrons. The Kier molecular flexibility index (Phi) is 5.17. The zero-order chi connectivity index (χ0) is 17.1. The Morgan fingerprint density at radius 2 is 1.80 bits per heavy atom. The largest absolute Gasteiger partial charge is 0.379 e. The van der Waals surface area contributed by atoms with Crippen LogP contribution in [-0.4, -0.2) is 83.7 Å². The van der Waals surface area contributed by atoms with E-state index < -0.39 is 0 Å². The third kappa shape index (κ3) is 3.65. The van der Waals surface area contributed by atoms with Crippen LogP contribution >= 0.6 is 0 Å². The minimum atomic E-state index is 0.243. The molecule has 4 heterocycles. The van der Waals surface area contributed by atoms with Crippen LogP contribution in [0.1, 0.15) is 24.8 Å². The highest BCUT2D eigenvalue weighted by atomic mass is 16.5. The molecule has 0 aromatic carbocycles. The number of morpholine rings is 1. The highest BCUT2D eigenvalue weighted by Crippen LogP contribution is 2.28. The molecule has 0 spiro atoms. The monoisotopic (exact) mass is 344 g/mol. The number of carbonyl (C=O) groups excluding carboxylic acids is 1. The van der Waals surface area contributed by atoms with Crippen molar-refractivity contribution in [2.45, 2.75) is 37.8 Å². The normalized spacial score (nSPS) is 27.8. The lowest BCUT2D eigenvalue weighted by Crippen LogP contribution is -2.53. The second-order valence-electron chi connectivity index (χ2n) is 7.30. The number of likely N-dealkylation sites (tertiary alicyclic amines) is 2. The lowest BCUT2D eigenvalue weighted by molar-refractivity contribution is 0.00956. The average Bonchev–Trinajstić information content (AvgIpc) is 3.33. The van der Waals surface area contributed by atoms with Gasteiger partial charge >= 0.3 is 6.03 Å². The molecule has 0 N–H and O–H groups in total. The van der Waals surface area contributed by atoms with Crippen LogP contribution in [0.2, 0.25) is 0 Å². The number of amides is 2. The van der Waals surface area contributed by atoms with Gasteiger partial charge in [0.2, 0.25) is 0 Å². The molecule has 0 saturated carbocycles. The molecule has 3 aliphatic heterocycles. The summed E-state index contributed by atoms with van der Waals surface area (Å²) in [5, 5.41) is 0. The predicted octanol–water partition coefficient (Wildman–Crippen LogP) is 1.61. The minimum absolute atomic E-state index is 0.243. The van der Waals surface area contributed by atoms with E-state index in [0.29, 0.717) is 6.04 Å². The predicted molar refractivity (Wildman–Crippen MR) is 95.4 cm³/mol. The quantitative estimate of drug-likeness (QED) is 0.836. The van der Waals surface area contributed by atoms with E-state index in [9.17, 15) is 4.79 Å². The van der Waals surface area contributed by atoms with Gasteiger partial charge in [-0.05, 0) is 43.4 Å². The molecule has 0 aliphatic carbocycles. The van der Waals surface area contributed by atoms with Crippen LogP contribution in [0.5, 0.6) is 0 Å². The molecule has 3 fully saturated rings. The van der Waals surface area contributed by atoms with E-state index in [1.807, 2.05) is 17.3 Å². The molecule has 2 amide bonds. The average molecular weight is 344 g/mol. The van der Waals surface area contributed by atoms with Gasteiger partial charge in [-0.3, -0.25) is 9.88 Å². The first-order valence-electron chi connectivity index (χ1n) is 9.59. The Bertz CT molecular complexity index is 570. The zero-order valence-electron chi connectivity index (χ0n) is 14.8. The Morgan fingerprint density at radius 1 is 1.08 bits per heavy atom. The van der Waals surface area contributed by atoms with Crippen molar-refractivity contribution in [3.8, 4) is 0 Å². The Hall–Kier alpha value is -1.66. The van der Waals surface area contributed by atoms with E-state index >= 15 is 0 Å². The molecule has 1 aromatic heterocycles. The standard InChI is InChI=1S/C19H28N4O2/c24-19(22-8-1-2-9-22)23-10-5-17(21-11-13-25-14-12-21)18(23)15-16-3-6-20-7-4-16/h3-4,6-7,17-18H,1-2,5,8-15H2/t17-,18+/m1/s1. The van der Waals surface area contributed by atoms with E-state index in [0.717, 1.165) is 71.6 Å². The van der Waals surface area contributed by atoms with Crippen LogP contribution in [0.15, 0.2) is 24.5 Å². The molecule has 6 heteroatoms. The van der Waals surface area contributed by atoms with Gasteiger partial charge < -0.3 is 14.5 Å². The van der Waals surface area contributed by atoms with Gasteiger partial charge in [-0.1, -0.05) is 0 Å². The van der Waals surface area contributed by atoms with Gasteiger partial charge in [0.05, 0.1) is 19.3 Å². The maximum Gasteiger partial charge on any atom is 0.320 e. The second kappa shape index (κ2) is 7.70. The summed E-state index contributed by atoms with van der Waals surface area (Å²) in [6, 6.07) is 5.07. The van der Waals surface area contributed by atoms with E-state index in [1.54, 1.807) is 0 Å². The zero-order valence-corrected chi connectivity index (χ0v) is 14.8. The van der Waals surface area contributed by atoms with Crippen molar-refractivity contribution >= 4 is 6.03 Å². The maximum atomic E-state index is 13.1. The molecule has 25 heavy (non-hydrogen) atoms. The number of hydrogen-bond donors (Lipinski definition) is 0. The first kappa shape index (κ1) is 16.8. The molecule has 1 aromatic rings. The summed E-state index contributed by atoms with van der Waals surface area (Å²) in [6.45, 7) is 6.26. The first-order chi connectivity index (χ1) is 12.3. The van der Waals surface area contributed by atoms with Gasteiger partial charge in [0.25, 0.3) is 0 Å². The van der Waals surface area contributed by atoms with Crippen molar-refractivity contribution in [2.24, 2.45) is 0 Å².